The van der Waals surface area contributed by atoms with Gasteiger partial charge in [-0.25, -0.2) is 9.97 Å². The van der Waals surface area contributed by atoms with Crippen LogP contribution in [-0.4, -0.2) is 38.5 Å². The Morgan fingerprint density at radius 3 is 3.07 bits per heavy atom. The number of nitrogens with one attached hydrogen (secondary N) is 3. The Balaban J connectivity index is 1.54. The number of hydrogen-bond acceptors (Lipinski definition) is 6. The first kappa shape index (κ1) is 17.5. The molecule has 28 heavy (non-hydrogen) atoms. The summed E-state index contributed by atoms with van der Waals surface area (Å²) in [5.41, 5.74) is 2.94. The van der Waals surface area contributed by atoms with E-state index in [9.17, 15) is 14.7 Å². The Morgan fingerprint density at radius 1 is 1.39 bits per heavy atom. The number of ether oxygens (including phenoxy) is 1. The first-order chi connectivity index (χ1) is 13.6. The third-order valence-electron chi connectivity index (χ3n) is 4.36. The van der Waals surface area contributed by atoms with Crippen LogP contribution in [0.3, 0.4) is 0 Å². The van der Waals surface area contributed by atoms with E-state index in [0.717, 1.165) is 5.56 Å². The summed E-state index contributed by atoms with van der Waals surface area (Å²) in [5, 5.41) is 15.5. The molecule has 3 heterocycles. The van der Waals surface area contributed by atoms with Crippen LogP contribution in [0, 0.1) is 0 Å². The predicted molar refractivity (Wildman–Crippen MR) is 102 cm³/mol. The minimum absolute atomic E-state index is 0.00625. The predicted octanol–water partition coefficient (Wildman–Crippen LogP) is 2.14. The van der Waals surface area contributed by atoms with E-state index in [4.69, 9.17) is 4.74 Å². The molecule has 1 aromatic carbocycles. The van der Waals surface area contributed by atoms with Gasteiger partial charge < -0.3 is 25.5 Å². The maximum Gasteiger partial charge on any atom is 0.272 e. The third kappa shape index (κ3) is 3.13. The van der Waals surface area contributed by atoms with E-state index in [1.807, 2.05) is 6.07 Å². The second-order valence-corrected chi connectivity index (χ2v) is 6.17. The fourth-order valence-electron chi connectivity index (χ4n) is 2.97. The van der Waals surface area contributed by atoms with Gasteiger partial charge >= 0.3 is 0 Å². The van der Waals surface area contributed by atoms with Crippen molar-refractivity contribution < 1.29 is 19.4 Å². The van der Waals surface area contributed by atoms with Crippen LogP contribution in [0.1, 0.15) is 28.5 Å². The maximum atomic E-state index is 12.6. The van der Waals surface area contributed by atoms with Crippen LogP contribution in [0.5, 0.6) is 5.75 Å². The maximum absolute atomic E-state index is 12.6. The van der Waals surface area contributed by atoms with Crippen molar-refractivity contribution in [2.75, 3.05) is 11.9 Å². The van der Waals surface area contributed by atoms with Gasteiger partial charge in [-0.1, -0.05) is 6.07 Å². The third-order valence-corrected chi connectivity index (χ3v) is 4.36. The van der Waals surface area contributed by atoms with E-state index < -0.39 is 5.91 Å². The lowest BCUT2D eigenvalue weighted by Gasteiger charge is -2.18. The van der Waals surface area contributed by atoms with Crippen molar-refractivity contribution in [2.24, 2.45) is 0 Å². The summed E-state index contributed by atoms with van der Waals surface area (Å²) in [6.07, 6.45) is 4.41. The molecule has 4 rings (SSSR count). The van der Waals surface area contributed by atoms with Gasteiger partial charge in [-0.2, -0.15) is 0 Å². The Bertz CT molecular complexity index is 1120. The van der Waals surface area contributed by atoms with Crippen LogP contribution in [-0.2, 0) is 11.3 Å². The summed E-state index contributed by atoms with van der Waals surface area (Å²) >= 11 is 0. The number of aliphatic hydroxyl groups excluding tert-OH is 1. The molecule has 2 aromatic heterocycles. The summed E-state index contributed by atoms with van der Waals surface area (Å²) in [6.45, 7) is 1.93. The number of aromatic amines is 1. The number of fused-ring (bicyclic) bond motifs is 2. The fraction of sp³-hybridized carbons (Fsp3) is 0.158. The Labute approximate surface area is 159 Å². The van der Waals surface area contributed by atoms with E-state index in [1.165, 1.54) is 6.33 Å². The van der Waals surface area contributed by atoms with Crippen molar-refractivity contribution in [3.05, 3.63) is 53.6 Å². The van der Waals surface area contributed by atoms with Crippen LogP contribution in [0.4, 0.5) is 5.69 Å². The zero-order valence-electron chi connectivity index (χ0n) is 14.9. The van der Waals surface area contributed by atoms with E-state index in [2.05, 4.69) is 25.6 Å². The number of allylic oxidation sites excluding steroid dienone is 1. The van der Waals surface area contributed by atoms with Gasteiger partial charge in [0.05, 0.1) is 16.8 Å². The van der Waals surface area contributed by atoms with Gasteiger partial charge in [-0.15, -0.1) is 0 Å². The average molecular weight is 379 g/mol. The number of hydrogen-bond donors (Lipinski definition) is 4. The number of amides is 2. The van der Waals surface area contributed by atoms with Gasteiger partial charge in [-0.3, -0.25) is 9.59 Å². The molecule has 0 saturated heterocycles. The zero-order chi connectivity index (χ0) is 19.7. The molecule has 0 fully saturated rings. The quantitative estimate of drug-likeness (QED) is 0.514. The van der Waals surface area contributed by atoms with Crippen molar-refractivity contribution >= 4 is 34.3 Å². The first-order valence-electron chi connectivity index (χ1n) is 8.58. The number of anilines is 1. The molecule has 0 unspecified atom stereocenters. The number of H-pyrrole nitrogens is 1. The van der Waals surface area contributed by atoms with Crippen LogP contribution in [0.15, 0.2) is 36.8 Å². The molecule has 1 aliphatic heterocycles. The number of aliphatic hydroxyl groups is 1. The highest BCUT2D eigenvalue weighted by Gasteiger charge is 2.19. The molecule has 9 nitrogen and oxygen atoms in total. The van der Waals surface area contributed by atoms with E-state index in [-0.39, 0.29) is 30.5 Å². The molecule has 9 heteroatoms. The second kappa shape index (κ2) is 7.03. The normalized spacial score (nSPS) is 13.6. The van der Waals surface area contributed by atoms with Gasteiger partial charge in [0.25, 0.3) is 11.8 Å². The number of carbonyl (C=O) groups is 2. The van der Waals surface area contributed by atoms with Crippen molar-refractivity contribution in [3.63, 3.8) is 0 Å². The standard InChI is InChI=1S/C19H17N5O4/c1-2-13(25)11-7-20-17-16(11)22-9-23-18(17)19(27)21-6-10-3-4-14-12(5-10)24-15(26)8-28-14/h2-5,7,9,20,25H,6,8H2,1H3,(H,21,27)(H,24,26)/b13-2+. The topological polar surface area (TPSA) is 129 Å². The Kier molecular flexibility index (Phi) is 4.40. The molecular formula is C19H17N5O4. The molecule has 0 atom stereocenters. The Hall–Kier alpha value is -3.88. The van der Waals surface area contributed by atoms with Crippen molar-refractivity contribution in [1.82, 2.24) is 20.3 Å². The molecule has 3 aromatic rings. The van der Waals surface area contributed by atoms with Crippen molar-refractivity contribution in [2.45, 2.75) is 13.5 Å². The number of nitrogens with zero attached hydrogens (tertiary/aromatic N) is 2. The lowest BCUT2D eigenvalue weighted by atomic mass is 10.1. The summed E-state index contributed by atoms with van der Waals surface area (Å²) in [4.78, 5) is 35.2. The number of carbonyl (C=O) groups excluding carboxylic acids is 2. The monoisotopic (exact) mass is 379 g/mol. The van der Waals surface area contributed by atoms with Crippen LogP contribution < -0.4 is 15.4 Å². The molecule has 0 spiro atoms. The van der Waals surface area contributed by atoms with Crippen molar-refractivity contribution in [3.8, 4) is 5.75 Å². The minimum atomic E-state index is -0.390. The summed E-state index contributed by atoms with van der Waals surface area (Å²) < 4.78 is 5.32. The Morgan fingerprint density at radius 2 is 2.25 bits per heavy atom. The van der Waals surface area contributed by atoms with E-state index in [0.29, 0.717) is 28.0 Å². The number of rotatable bonds is 4. The number of aromatic nitrogens is 3. The van der Waals surface area contributed by atoms with Crippen LogP contribution in [0.25, 0.3) is 16.8 Å². The largest absolute Gasteiger partial charge is 0.508 e. The van der Waals surface area contributed by atoms with E-state index >= 15 is 0 Å². The summed E-state index contributed by atoms with van der Waals surface area (Å²) in [7, 11) is 0. The molecule has 0 bridgehead atoms. The fourth-order valence-corrected chi connectivity index (χ4v) is 2.97. The van der Waals surface area contributed by atoms with Crippen molar-refractivity contribution in [1.29, 1.82) is 0 Å². The lowest BCUT2D eigenvalue weighted by molar-refractivity contribution is -0.118. The molecule has 1 aliphatic rings. The molecule has 0 aliphatic carbocycles. The minimum Gasteiger partial charge on any atom is -0.508 e. The van der Waals surface area contributed by atoms with Gasteiger partial charge in [0, 0.05) is 12.7 Å². The molecular weight excluding hydrogens is 362 g/mol. The highest BCUT2D eigenvalue weighted by Crippen LogP contribution is 2.28. The van der Waals surface area contributed by atoms with E-state index in [1.54, 1.807) is 31.3 Å². The summed E-state index contributed by atoms with van der Waals surface area (Å²) in [6, 6.07) is 5.30. The van der Waals surface area contributed by atoms with Gasteiger partial charge in [0.2, 0.25) is 0 Å². The molecule has 2 amide bonds. The van der Waals surface area contributed by atoms with Gasteiger partial charge in [-0.05, 0) is 30.7 Å². The molecule has 0 saturated carbocycles. The highest BCUT2D eigenvalue weighted by atomic mass is 16.5. The van der Waals surface area contributed by atoms with Gasteiger partial charge in [0.15, 0.2) is 12.3 Å². The zero-order valence-corrected chi connectivity index (χ0v) is 14.9. The summed E-state index contributed by atoms with van der Waals surface area (Å²) in [5.74, 6) is 0.0484. The SMILES string of the molecule is C/C=C(/O)c1c[nH]c2c(C(=O)NCc3ccc4c(c3)NC(=O)CO4)ncnc12. The lowest BCUT2D eigenvalue weighted by Crippen LogP contribution is -2.26. The molecule has 4 N–H and O–H groups in total. The van der Waals surface area contributed by atoms with Gasteiger partial charge in [0.1, 0.15) is 23.4 Å². The average Bonchev–Trinajstić information content (AvgIpc) is 3.15. The highest BCUT2D eigenvalue weighted by molar-refractivity contribution is 6.04. The molecule has 0 radical (unpaired) electrons. The van der Waals surface area contributed by atoms with Crippen LogP contribution >= 0.6 is 0 Å². The molecule has 142 valence electrons. The van der Waals surface area contributed by atoms with Crippen LogP contribution in [0.2, 0.25) is 0 Å². The number of benzene rings is 1. The second-order valence-electron chi connectivity index (χ2n) is 6.17. The smallest absolute Gasteiger partial charge is 0.272 e. The first-order valence-corrected chi connectivity index (χ1v) is 8.58.